The number of carbonyl (C=O) groups is 3. The van der Waals surface area contributed by atoms with Crippen molar-refractivity contribution in [3.8, 4) is 0 Å². The lowest BCUT2D eigenvalue weighted by Crippen LogP contribution is -2.43. The molecule has 3 amide bonds. The number of rotatable bonds is 13. The Bertz CT molecular complexity index is 476. The lowest BCUT2D eigenvalue weighted by atomic mass is 9.78. The first-order chi connectivity index (χ1) is 13.0. The average molecular weight is 401 g/mol. The van der Waals surface area contributed by atoms with Gasteiger partial charge >= 0.3 is 0 Å². The molecule has 0 aromatic carbocycles. The van der Waals surface area contributed by atoms with E-state index in [-0.39, 0.29) is 29.6 Å². The maximum atomic E-state index is 12.4. The Morgan fingerprint density at radius 1 is 1.00 bits per heavy atom. The monoisotopic (exact) mass is 400 g/mol. The topological polar surface area (TPSA) is 105 Å². The van der Waals surface area contributed by atoms with Gasteiger partial charge in [0.05, 0.1) is 0 Å². The number of nitrogens with one attached hydrogen (secondary N) is 2. The van der Waals surface area contributed by atoms with E-state index in [0.29, 0.717) is 25.3 Å². The SMILES string of the molecule is CN(CCCCCC(=O)NCCS)CCNC(=O)C1CCCCC1C(N)=O. The van der Waals surface area contributed by atoms with Crippen LogP contribution in [0.2, 0.25) is 0 Å². The van der Waals surface area contributed by atoms with E-state index in [1.165, 1.54) is 0 Å². The molecule has 1 aliphatic carbocycles. The van der Waals surface area contributed by atoms with Gasteiger partial charge in [0.25, 0.3) is 0 Å². The van der Waals surface area contributed by atoms with E-state index >= 15 is 0 Å². The van der Waals surface area contributed by atoms with E-state index in [2.05, 4.69) is 28.2 Å². The number of nitrogens with two attached hydrogens (primary N) is 1. The second-order valence-electron chi connectivity index (χ2n) is 7.38. The van der Waals surface area contributed by atoms with Crippen molar-refractivity contribution < 1.29 is 14.4 Å². The van der Waals surface area contributed by atoms with Gasteiger partial charge in [-0.25, -0.2) is 0 Å². The first-order valence-electron chi connectivity index (χ1n) is 10.1. The van der Waals surface area contributed by atoms with Crippen LogP contribution < -0.4 is 16.4 Å². The maximum absolute atomic E-state index is 12.4. The van der Waals surface area contributed by atoms with E-state index in [1.54, 1.807) is 0 Å². The Labute approximate surface area is 168 Å². The van der Waals surface area contributed by atoms with Crippen LogP contribution in [0.15, 0.2) is 0 Å². The average Bonchev–Trinajstić information content (AvgIpc) is 2.65. The van der Waals surface area contributed by atoms with Crippen LogP contribution in [0.5, 0.6) is 0 Å². The van der Waals surface area contributed by atoms with Gasteiger partial charge in [0.1, 0.15) is 0 Å². The first-order valence-corrected chi connectivity index (χ1v) is 10.7. The Morgan fingerprint density at radius 3 is 2.37 bits per heavy atom. The van der Waals surface area contributed by atoms with Crippen molar-refractivity contribution in [2.24, 2.45) is 17.6 Å². The van der Waals surface area contributed by atoms with Crippen LogP contribution in [-0.4, -0.2) is 61.6 Å². The highest BCUT2D eigenvalue weighted by atomic mass is 32.1. The number of likely N-dealkylation sites (N-methyl/N-ethyl adjacent to an activating group) is 1. The van der Waals surface area contributed by atoms with Crippen molar-refractivity contribution >= 4 is 30.4 Å². The largest absolute Gasteiger partial charge is 0.369 e. The minimum absolute atomic E-state index is 0.0425. The molecule has 2 atom stereocenters. The number of hydrogen-bond acceptors (Lipinski definition) is 5. The summed E-state index contributed by atoms with van der Waals surface area (Å²) < 4.78 is 0. The molecule has 7 nitrogen and oxygen atoms in total. The Hall–Kier alpha value is -1.28. The van der Waals surface area contributed by atoms with Crippen molar-refractivity contribution in [2.45, 2.75) is 51.4 Å². The lowest BCUT2D eigenvalue weighted by Gasteiger charge is -2.28. The van der Waals surface area contributed by atoms with Gasteiger partial charge in [-0.3, -0.25) is 14.4 Å². The van der Waals surface area contributed by atoms with Crippen LogP contribution in [0.1, 0.15) is 51.4 Å². The van der Waals surface area contributed by atoms with Crippen LogP contribution in [0.25, 0.3) is 0 Å². The van der Waals surface area contributed by atoms with Crippen molar-refractivity contribution in [2.75, 3.05) is 39.0 Å². The fourth-order valence-electron chi connectivity index (χ4n) is 3.53. The molecule has 156 valence electrons. The van der Waals surface area contributed by atoms with E-state index in [1.807, 2.05) is 7.05 Å². The second-order valence-corrected chi connectivity index (χ2v) is 7.83. The van der Waals surface area contributed by atoms with Gasteiger partial charge in [0.2, 0.25) is 17.7 Å². The zero-order valence-electron chi connectivity index (χ0n) is 16.5. The number of thiol groups is 1. The molecule has 1 saturated carbocycles. The summed E-state index contributed by atoms with van der Waals surface area (Å²) in [4.78, 5) is 37.5. The molecule has 0 aromatic rings. The normalized spacial score (nSPS) is 19.7. The van der Waals surface area contributed by atoms with Gasteiger partial charge in [0.15, 0.2) is 0 Å². The van der Waals surface area contributed by atoms with E-state index in [0.717, 1.165) is 58.0 Å². The van der Waals surface area contributed by atoms with Crippen LogP contribution >= 0.6 is 12.6 Å². The van der Waals surface area contributed by atoms with Gasteiger partial charge in [-0.15, -0.1) is 0 Å². The van der Waals surface area contributed by atoms with Crippen LogP contribution in [0.4, 0.5) is 0 Å². The Kier molecular flexibility index (Phi) is 12.2. The molecular formula is C19H36N4O3S. The van der Waals surface area contributed by atoms with Gasteiger partial charge in [-0.2, -0.15) is 12.6 Å². The summed E-state index contributed by atoms with van der Waals surface area (Å²) in [6, 6.07) is 0. The molecule has 0 radical (unpaired) electrons. The molecule has 0 aliphatic heterocycles. The van der Waals surface area contributed by atoms with Gasteiger partial charge in [-0.1, -0.05) is 19.3 Å². The number of nitrogens with zero attached hydrogens (tertiary/aromatic N) is 1. The fraction of sp³-hybridized carbons (Fsp3) is 0.842. The second kappa shape index (κ2) is 13.8. The highest BCUT2D eigenvalue weighted by Crippen LogP contribution is 2.29. The van der Waals surface area contributed by atoms with Gasteiger partial charge in [-0.05, 0) is 39.3 Å². The molecule has 1 fully saturated rings. The smallest absolute Gasteiger partial charge is 0.223 e. The molecule has 0 spiro atoms. The highest BCUT2D eigenvalue weighted by molar-refractivity contribution is 7.80. The number of primary amides is 1. The molecule has 0 aromatic heterocycles. The maximum Gasteiger partial charge on any atom is 0.223 e. The summed E-state index contributed by atoms with van der Waals surface area (Å²) in [5, 5.41) is 5.77. The molecule has 1 rings (SSSR count). The standard InChI is InChI=1S/C19H36N4O3S/c1-23(12-6-2-3-9-17(24)21-11-14-27)13-10-22-19(26)16-8-5-4-7-15(16)18(20)25/h15-16,27H,2-14H2,1H3,(H2,20,25)(H,21,24)(H,22,26). The third kappa shape index (κ3) is 10.0. The number of carbonyl (C=O) groups excluding carboxylic acids is 3. The number of hydrogen-bond donors (Lipinski definition) is 4. The summed E-state index contributed by atoms with van der Waals surface area (Å²) in [6.07, 6.45) is 6.90. The highest BCUT2D eigenvalue weighted by Gasteiger charge is 2.34. The Balaban J connectivity index is 2.10. The van der Waals surface area contributed by atoms with Gasteiger partial charge < -0.3 is 21.3 Å². The minimum atomic E-state index is -0.355. The summed E-state index contributed by atoms with van der Waals surface area (Å²) in [5.41, 5.74) is 5.44. The molecule has 8 heteroatoms. The van der Waals surface area contributed by atoms with Gasteiger partial charge in [0, 0.05) is 43.6 Å². The third-order valence-corrected chi connectivity index (χ3v) is 5.36. The molecule has 1 aliphatic rings. The van der Waals surface area contributed by atoms with Crippen molar-refractivity contribution in [1.82, 2.24) is 15.5 Å². The predicted octanol–water partition coefficient (Wildman–Crippen LogP) is 0.933. The van der Waals surface area contributed by atoms with E-state index in [9.17, 15) is 14.4 Å². The summed E-state index contributed by atoms with van der Waals surface area (Å²) in [7, 11) is 2.03. The lowest BCUT2D eigenvalue weighted by molar-refractivity contribution is -0.134. The molecule has 0 heterocycles. The molecule has 4 N–H and O–H groups in total. The fourth-order valence-corrected chi connectivity index (χ4v) is 3.64. The first kappa shape index (κ1) is 23.8. The zero-order valence-corrected chi connectivity index (χ0v) is 17.4. The predicted molar refractivity (Wildman–Crippen MR) is 110 cm³/mol. The van der Waals surface area contributed by atoms with Crippen LogP contribution in [0, 0.1) is 11.8 Å². The molecule has 0 saturated heterocycles. The molecular weight excluding hydrogens is 364 g/mol. The summed E-state index contributed by atoms with van der Waals surface area (Å²) in [5.74, 6) is -0.226. The van der Waals surface area contributed by atoms with Crippen molar-refractivity contribution in [1.29, 1.82) is 0 Å². The molecule has 27 heavy (non-hydrogen) atoms. The van der Waals surface area contributed by atoms with E-state index in [4.69, 9.17) is 5.73 Å². The quantitative estimate of drug-likeness (QED) is 0.273. The molecule has 2 unspecified atom stereocenters. The summed E-state index contributed by atoms with van der Waals surface area (Å²) >= 11 is 4.06. The Morgan fingerprint density at radius 2 is 1.70 bits per heavy atom. The van der Waals surface area contributed by atoms with Crippen molar-refractivity contribution in [3.05, 3.63) is 0 Å². The minimum Gasteiger partial charge on any atom is -0.369 e. The third-order valence-electron chi connectivity index (χ3n) is 5.14. The molecule has 0 bridgehead atoms. The van der Waals surface area contributed by atoms with E-state index < -0.39 is 0 Å². The number of unbranched alkanes of at least 4 members (excludes halogenated alkanes) is 2. The van der Waals surface area contributed by atoms with Crippen LogP contribution in [0.3, 0.4) is 0 Å². The van der Waals surface area contributed by atoms with Crippen molar-refractivity contribution in [3.63, 3.8) is 0 Å². The van der Waals surface area contributed by atoms with Crippen LogP contribution in [-0.2, 0) is 14.4 Å². The number of amides is 3. The zero-order chi connectivity index (χ0) is 20.1. The summed E-state index contributed by atoms with van der Waals surface area (Å²) in [6.45, 7) is 2.89.